The van der Waals surface area contributed by atoms with Gasteiger partial charge >= 0.3 is 0 Å². The summed E-state index contributed by atoms with van der Waals surface area (Å²) in [5.41, 5.74) is 0.827. The molecule has 2 aromatic rings. The van der Waals surface area contributed by atoms with Crippen LogP contribution in [0, 0.1) is 11.6 Å². The number of benzene rings is 2. The van der Waals surface area contributed by atoms with Gasteiger partial charge in [0.1, 0.15) is 17.7 Å². The molecule has 0 aliphatic carbocycles. The van der Waals surface area contributed by atoms with Gasteiger partial charge in [0.2, 0.25) is 11.8 Å². The SMILES string of the molecule is O=C1CCC(N2Cc3c(cc(F)c(C4CCN(Cc5ccc(C(F)F)cc5)CC4)c3F)C2=O)C(=O)N1. The molecule has 1 N–H and O–H groups in total. The van der Waals surface area contributed by atoms with E-state index >= 15 is 8.78 Å². The number of rotatable bonds is 5. The van der Waals surface area contributed by atoms with Gasteiger partial charge in [-0.1, -0.05) is 24.3 Å². The molecule has 2 aromatic carbocycles. The Morgan fingerprint density at radius 2 is 1.69 bits per heavy atom. The molecule has 0 spiro atoms. The van der Waals surface area contributed by atoms with Crippen LogP contribution in [0.4, 0.5) is 17.6 Å². The first-order chi connectivity index (χ1) is 17.2. The lowest BCUT2D eigenvalue weighted by atomic mass is 9.86. The van der Waals surface area contributed by atoms with Gasteiger partial charge in [-0.25, -0.2) is 17.6 Å². The Labute approximate surface area is 205 Å². The second kappa shape index (κ2) is 9.65. The molecule has 3 aliphatic rings. The number of carbonyl (C=O) groups is 3. The normalized spacial score (nSPS) is 21.3. The molecule has 190 valence electrons. The van der Waals surface area contributed by atoms with Crippen molar-refractivity contribution in [1.29, 1.82) is 0 Å². The smallest absolute Gasteiger partial charge is 0.263 e. The van der Waals surface area contributed by atoms with Gasteiger partial charge in [0, 0.05) is 29.7 Å². The minimum absolute atomic E-state index is 0.0327. The fourth-order valence-electron chi connectivity index (χ4n) is 5.43. The van der Waals surface area contributed by atoms with E-state index < -0.39 is 41.8 Å². The Balaban J connectivity index is 1.28. The Kier molecular flexibility index (Phi) is 6.55. The summed E-state index contributed by atoms with van der Waals surface area (Å²) in [7, 11) is 0. The lowest BCUT2D eigenvalue weighted by molar-refractivity contribution is -0.136. The quantitative estimate of drug-likeness (QED) is 0.494. The fraction of sp³-hybridized carbons (Fsp3) is 0.423. The van der Waals surface area contributed by atoms with Crippen molar-refractivity contribution >= 4 is 17.7 Å². The molecule has 2 saturated heterocycles. The van der Waals surface area contributed by atoms with Crippen LogP contribution in [0.1, 0.15) is 70.6 Å². The highest BCUT2D eigenvalue weighted by molar-refractivity contribution is 6.05. The van der Waals surface area contributed by atoms with Gasteiger partial charge < -0.3 is 4.90 Å². The standard InChI is InChI=1S/C26H25F4N3O3/c27-19-11-17-18(13-33(26(17)36)20-5-6-21(34)31-25(20)35)23(28)22(19)15-7-9-32(10-8-15)12-14-1-3-16(4-2-14)24(29)30/h1-4,11,15,20,24H,5-10,12-13H2,(H,31,34,35). The van der Waals surface area contributed by atoms with Crippen LogP contribution in [0.15, 0.2) is 30.3 Å². The molecule has 0 bridgehead atoms. The topological polar surface area (TPSA) is 69.7 Å². The summed E-state index contributed by atoms with van der Waals surface area (Å²) in [5, 5.41) is 2.19. The maximum absolute atomic E-state index is 15.6. The number of piperidine rings is 2. The molecule has 3 aliphatic heterocycles. The van der Waals surface area contributed by atoms with Gasteiger partial charge in [0.25, 0.3) is 12.3 Å². The molecule has 0 aromatic heterocycles. The van der Waals surface area contributed by atoms with E-state index in [1.807, 2.05) is 0 Å². The van der Waals surface area contributed by atoms with Gasteiger partial charge in [-0.3, -0.25) is 24.6 Å². The first-order valence-electron chi connectivity index (χ1n) is 12.0. The van der Waals surface area contributed by atoms with E-state index in [4.69, 9.17) is 0 Å². The highest BCUT2D eigenvalue weighted by atomic mass is 19.3. The third-order valence-electron chi connectivity index (χ3n) is 7.39. The van der Waals surface area contributed by atoms with E-state index in [2.05, 4.69) is 10.2 Å². The minimum atomic E-state index is -2.52. The minimum Gasteiger partial charge on any atom is -0.322 e. The molecule has 1 unspecified atom stereocenters. The Hall–Kier alpha value is -3.27. The molecule has 10 heteroatoms. The lowest BCUT2D eigenvalue weighted by Crippen LogP contribution is -2.52. The number of carbonyl (C=O) groups excluding carboxylic acids is 3. The van der Waals surface area contributed by atoms with E-state index in [0.29, 0.717) is 32.5 Å². The number of likely N-dealkylation sites (tertiary alicyclic amines) is 1. The van der Waals surface area contributed by atoms with Crippen LogP contribution < -0.4 is 5.32 Å². The average molecular weight is 503 g/mol. The number of halogens is 4. The molecule has 36 heavy (non-hydrogen) atoms. The first kappa shape index (κ1) is 24.4. The molecule has 0 radical (unpaired) electrons. The number of nitrogens with one attached hydrogen (secondary N) is 1. The van der Waals surface area contributed by atoms with Crippen molar-refractivity contribution in [2.45, 2.75) is 57.2 Å². The number of nitrogens with zero attached hydrogens (tertiary/aromatic N) is 2. The molecule has 5 rings (SSSR count). The van der Waals surface area contributed by atoms with Gasteiger partial charge in [-0.2, -0.15) is 0 Å². The highest BCUT2D eigenvalue weighted by Crippen LogP contribution is 2.38. The zero-order valence-electron chi connectivity index (χ0n) is 19.4. The lowest BCUT2D eigenvalue weighted by Gasteiger charge is -2.32. The molecule has 3 heterocycles. The maximum Gasteiger partial charge on any atom is 0.263 e. The van der Waals surface area contributed by atoms with Crippen molar-refractivity contribution in [3.8, 4) is 0 Å². The number of amides is 3. The number of hydrogen-bond acceptors (Lipinski definition) is 4. The third-order valence-corrected chi connectivity index (χ3v) is 7.39. The summed E-state index contributed by atoms with van der Waals surface area (Å²) in [6, 6.07) is 6.31. The van der Waals surface area contributed by atoms with Crippen LogP contribution in [0.5, 0.6) is 0 Å². The third kappa shape index (κ3) is 4.50. The summed E-state index contributed by atoms with van der Waals surface area (Å²) < 4.78 is 56.2. The molecule has 2 fully saturated rings. The monoisotopic (exact) mass is 503 g/mol. The predicted molar refractivity (Wildman–Crippen MR) is 121 cm³/mol. The molecule has 0 saturated carbocycles. The van der Waals surface area contributed by atoms with Crippen LogP contribution in [-0.4, -0.2) is 46.7 Å². The average Bonchev–Trinajstić information content (AvgIpc) is 3.17. The summed E-state index contributed by atoms with van der Waals surface area (Å²) >= 11 is 0. The number of alkyl halides is 2. The molecule has 3 amide bonds. The summed E-state index contributed by atoms with van der Waals surface area (Å²) in [6.45, 7) is 1.57. The highest BCUT2D eigenvalue weighted by Gasteiger charge is 2.42. The van der Waals surface area contributed by atoms with Crippen molar-refractivity contribution in [2.75, 3.05) is 13.1 Å². The second-order valence-electron chi connectivity index (χ2n) is 9.60. The van der Waals surface area contributed by atoms with Gasteiger partial charge in [0.15, 0.2) is 0 Å². The second-order valence-corrected chi connectivity index (χ2v) is 9.60. The van der Waals surface area contributed by atoms with E-state index in [1.165, 1.54) is 17.0 Å². The Bertz CT molecular complexity index is 1210. The van der Waals surface area contributed by atoms with Crippen LogP contribution in [0.3, 0.4) is 0 Å². The maximum atomic E-state index is 15.6. The predicted octanol–water partition coefficient (Wildman–Crippen LogP) is 4.04. The van der Waals surface area contributed by atoms with Crippen LogP contribution in [0.2, 0.25) is 0 Å². The van der Waals surface area contributed by atoms with Gasteiger partial charge in [-0.15, -0.1) is 0 Å². The van der Waals surface area contributed by atoms with Crippen LogP contribution >= 0.6 is 0 Å². The molecule has 1 atom stereocenters. The molecular weight excluding hydrogens is 478 g/mol. The summed E-state index contributed by atoms with van der Waals surface area (Å²) in [5.74, 6) is -3.52. The zero-order valence-corrected chi connectivity index (χ0v) is 19.4. The van der Waals surface area contributed by atoms with E-state index in [9.17, 15) is 23.2 Å². The number of hydrogen-bond donors (Lipinski definition) is 1. The van der Waals surface area contributed by atoms with Crippen LogP contribution in [0.25, 0.3) is 0 Å². The largest absolute Gasteiger partial charge is 0.322 e. The van der Waals surface area contributed by atoms with Crippen molar-refractivity contribution in [3.05, 3.63) is 69.8 Å². The van der Waals surface area contributed by atoms with Crippen LogP contribution in [-0.2, 0) is 22.7 Å². The van der Waals surface area contributed by atoms with Gasteiger partial charge in [0.05, 0.1) is 12.1 Å². The molecule has 6 nitrogen and oxygen atoms in total. The zero-order chi connectivity index (χ0) is 25.6. The van der Waals surface area contributed by atoms with Crippen molar-refractivity contribution < 1.29 is 31.9 Å². The summed E-state index contributed by atoms with van der Waals surface area (Å²) in [6.07, 6.45) is -1.28. The van der Waals surface area contributed by atoms with Crippen molar-refractivity contribution in [1.82, 2.24) is 15.1 Å². The van der Waals surface area contributed by atoms with E-state index in [1.54, 1.807) is 12.1 Å². The van der Waals surface area contributed by atoms with Gasteiger partial charge in [-0.05, 0) is 49.9 Å². The Morgan fingerprint density at radius 3 is 2.33 bits per heavy atom. The van der Waals surface area contributed by atoms with E-state index in [0.717, 1.165) is 11.6 Å². The first-order valence-corrected chi connectivity index (χ1v) is 12.0. The van der Waals surface area contributed by atoms with Crippen molar-refractivity contribution in [3.63, 3.8) is 0 Å². The number of fused-ring (bicyclic) bond motifs is 1. The Morgan fingerprint density at radius 1 is 1.00 bits per heavy atom. The van der Waals surface area contributed by atoms with Crippen molar-refractivity contribution in [2.24, 2.45) is 0 Å². The number of imide groups is 1. The fourth-order valence-corrected chi connectivity index (χ4v) is 5.43. The molecular formula is C26H25F4N3O3. The van der Waals surface area contributed by atoms with E-state index in [-0.39, 0.29) is 47.6 Å². The summed E-state index contributed by atoms with van der Waals surface area (Å²) in [4.78, 5) is 39.9.